The van der Waals surface area contributed by atoms with Crippen molar-refractivity contribution in [3.63, 3.8) is 0 Å². The monoisotopic (exact) mass is 388 g/mol. The van der Waals surface area contributed by atoms with E-state index in [9.17, 15) is 21.6 Å². The minimum atomic E-state index is -4.64. The minimum absolute atomic E-state index is 0.0551. The zero-order valence-electron chi connectivity index (χ0n) is 14.4. The summed E-state index contributed by atoms with van der Waals surface area (Å²) < 4.78 is 70.0. The number of hydrogen-bond donors (Lipinski definition) is 0. The number of piperidine rings is 1. The normalized spacial score (nSPS) is 19.7. The summed E-state index contributed by atoms with van der Waals surface area (Å²) in [6.07, 6.45) is -2.09. The van der Waals surface area contributed by atoms with Crippen LogP contribution in [0.15, 0.2) is 33.7 Å². The molecular formula is C17H19F3N2O3S. The molecule has 0 N–H and O–H groups in total. The minimum Gasteiger partial charge on any atom is -0.351 e. The molecule has 26 heavy (non-hydrogen) atoms. The Labute approximate surface area is 149 Å². The molecule has 9 heteroatoms. The Hall–Kier alpha value is -1.87. The predicted molar refractivity (Wildman–Crippen MR) is 88.9 cm³/mol. The molecule has 0 amide bonds. The highest BCUT2D eigenvalue weighted by Crippen LogP contribution is 2.34. The summed E-state index contributed by atoms with van der Waals surface area (Å²) in [5, 5.41) is 3.43. The van der Waals surface area contributed by atoms with Crippen molar-refractivity contribution in [3.05, 3.63) is 35.6 Å². The third-order valence-electron chi connectivity index (χ3n) is 4.60. The van der Waals surface area contributed by atoms with Crippen molar-refractivity contribution >= 4 is 10.0 Å². The second-order valence-electron chi connectivity index (χ2n) is 6.51. The fourth-order valence-corrected chi connectivity index (χ4v) is 5.09. The van der Waals surface area contributed by atoms with Crippen LogP contribution < -0.4 is 0 Å². The van der Waals surface area contributed by atoms with Gasteiger partial charge < -0.3 is 4.52 Å². The fraction of sp³-hybridized carbons (Fsp3) is 0.471. The van der Waals surface area contributed by atoms with Crippen molar-refractivity contribution in [3.8, 4) is 11.3 Å². The summed E-state index contributed by atoms with van der Waals surface area (Å²) in [4.78, 5) is 0.0836. The SMILES string of the molecule is Cc1ccc(-c2cc(C(F)(F)F)on2)cc1S(=O)(=O)N1CCCC[C@@H]1C. The van der Waals surface area contributed by atoms with Crippen LogP contribution in [-0.4, -0.2) is 30.5 Å². The Kier molecular flexibility index (Phi) is 4.87. The quantitative estimate of drug-likeness (QED) is 0.789. The molecule has 0 spiro atoms. The smallest absolute Gasteiger partial charge is 0.351 e. The van der Waals surface area contributed by atoms with Crippen LogP contribution in [0.25, 0.3) is 11.3 Å². The zero-order chi connectivity index (χ0) is 19.1. The highest BCUT2D eigenvalue weighted by Gasteiger charge is 2.36. The third kappa shape index (κ3) is 3.50. The molecule has 1 aromatic heterocycles. The molecule has 1 aromatic carbocycles. The molecule has 1 aliphatic heterocycles. The Balaban J connectivity index is 2.01. The lowest BCUT2D eigenvalue weighted by atomic mass is 10.1. The Morgan fingerprint density at radius 1 is 1.23 bits per heavy atom. The van der Waals surface area contributed by atoms with E-state index in [-0.39, 0.29) is 22.2 Å². The number of alkyl halides is 3. The molecule has 1 aliphatic rings. The summed E-state index contributed by atoms with van der Waals surface area (Å²) in [7, 11) is -3.74. The van der Waals surface area contributed by atoms with Crippen LogP contribution in [0.3, 0.4) is 0 Å². The summed E-state index contributed by atoms with van der Waals surface area (Å²) in [6, 6.07) is 5.12. The fourth-order valence-electron chi connectivity index (χ4n) is 3.14. The molecule has 3 rings (SSSR count). The van der Waals surface area contributed by atoms with Gasteiger partial charge in [0, 0.05) is 24.2 Å². The van der Waals surface area contributed by atoms with Crippen molar-refractivity contribution in [2.45, 2.75) is 50.2 Å². The van der Waals surface area contributed by atoms with E-state index in [2.05, 4.69) is 9.68 Å². The van der Waals surface area contributed by atoms with E-state index in [4.69, 9.17) is 0 Å². The van der Waals surface area contributed by atoms with Gasteiger partial charge in [0.25, 0.3) is 0 Å². The van der Waals surface area contributed by atoms with E-state index in [0.717, 1.165) is 25.3 Å². The van der Waals surface area contributed by atoms with E-state index < -0.39 is 22.0 Å². The number of rotatable bonds is 3. The highest BCUT2D eigenvalue weighted by atomic mass is 32.2. The van der Waals surface area contributed by atoms with E-state index >= 15 is 0 Å². The molecule has 1 saturated heterocycles. The Bertz CT molecular complexity index is 906. The molecule has 0 bridgehead atoms. The van der Waals surface area contributed by atoms with Gasteiger partial charge in [-0.3, -0.25) is 0 Å². The molecule has 2 aromatic rings. The molecular weight excluding hydrogens is 369 g/mol. The summed E-state index contributed by atoms with van der Waals surface area (Å²) in [5.41, 5.74) is 0.740. The average Bonchev–Trinajstić information content (AvgIpc) is 3.05. The van der Waals surface area contributed by atoms with Crippen LogP contribution in [0.1, 0.15) is 37.5 Å². The average molecular weight is 388 g/mol. The van der Waals surface area contributed by atoms with Crippen LogP contribution >= 0.6 is 0 Å². The topological polar surface area (TPSA) is 63.4 Å². The molecule has 1 atom stereocenters. The number of aryl methyl sites for hydroxylation is 1. The lowest BCUT2D eigenvalue weighted by molar-refractivity contribution is -0.155. The Morgan fingerprint density at radius 2 is 1.96 bits per heavy atom. The lowest BCUT2D eigenvalue weighted by Gasteiger charge is -2.32. The standard InChI is InChI=1S/C17H19F3N2O3S/c1-11-6-7-13(14-10-16(25-21-14)17(18,19)20)9-15(11)26(23,24)22-8-4-3-5-12(22)2/h6-7,9-10,12H,3-5,8H2,1-2H3/t12-/m0/s1. The summed E-state index contributed by atoms with van der Waals surface area (Å²) in [6.45, 7) is 3.97. The van der Waals surface area contributed by atoms with Crippen LogP contribution in [0.2, 0.25) is 0 Å². The zero-order valence-corrected chi connectivity index (χ0v) is 15.2. The van der Waals surface area contributed by atoms with Gasteiger partial charge in [-0.2, -0.15) is 17.5 Å². The maximum Gasteiger partial charge on any atom is 0.452 e. The molecule has 0 saturated carbocycles. The van der Waals surface area contributed by atoms with Crippen molar-refractivity contribution in [2.75, 3.05) is 6.54 Å². The number of sulfonamides is 1. The summed E-state index contributed by atoms with van der Waals surface area (Å²) in [5.74, 6) is -1.22. The van der Waals surface area contributed by atoms with Gasteiger partial charge in [-0.25, -0.2) is 8.42 Å². The predicted octanol–water partition coefficient (Wildman–Crippen LogP) is 4.23. The van der Waals surface area contributed by atoms with Gasteiger partial charge >= 0.3 is 6.18 Å². The van der Waals surface area contributed by atoms with Crippen LogP contribution in [-0.2, 0) is 16.2 Å². The Morgan fingerprint density at radius 3 is 2.58 bits per heavy atom. The van der Waals surface area contributed by atoms with Crippen LogP contribution in [0.4, 0.5) is 13.2 Å². The molecule has 2 heterocycles. The first-order valence-corrected chi connectivity index (χ1v) is 9.71. The maximum absolute atomic E-state index is 13.1. The van der Waals surface area contributed by atoms with Crippen LogP contribution in [0.5, 0.6) is 0 Å². The van der Waals surface area contributed by atoms with E-state index in [1.165, 1.54) is 16.4 Å². The van der Waals surface area contributed by atoms with Crippen molar-refractivity contribution in [1.82, 2.24) is 9.46 Å². The van der Waals surface area contributed by atoms with Gasteiger partial charge in [0.1, 0.15) is 5.69 Å². The molecule has 0 unspecified atom stereocenters. The highest BCUT2D eigenvalue weighted by molar-refractivity contribution is 7.89. The van der Waals surface area contributed by atoms with Gasteiger partial charge in [-0.1, -0.05) is 23.7 Å². The first-order valence-electron chi connectivity index (χ1n) is 8.27. The van der Waals surface area contributed by atoms with E-state index in [0.29, 0.717) is 12.1 Å². The lowest BCUT2D eigenvalue weighted by Crippen LogP contribution is -2.42. The molecule has 5 nitrogen and oxygen atoms in total. The van der Waals surface area contributed by atoms with Crippen molar-refractivity contribution < 1.29 is 26.1 Å². The second-order valence-corrected chi connectivity index (χ2v) is 8.37. The number of hydrogen-bond acceptors (Lipinski definition) is 4. The number of aromatic nitrogens is 1. The third-order valence-corrected chi connectivity index (χ3v) is 6.76. The molecule has 142 valence electrons. The molecule has 0 radical (unpaired) electrons. The van der Waals surface area contributed by atoms with Crippen LogP contribution in [0, 0.1) is 6.92 Å². The number of nitrogens with zero attached hydrogens (tertiary/aromatic N) is 2. The molecule has 1 fully saturated rings. The summed E-state index contributed by atoms with van der Waals surface area (Å²) >= 11 is 0. The first-order chi connectivity index (χ1) is 12.1. The number of halogens is 3. The van der Waals surface area contributed by atoms with E-state index in [1.54, 1.807) is 13.0 Å². The first kappa shape index (κ1) is 18.9. The van der Waals surface area contributed by atoms with Gasteiger partial charge in [0.2, 0.25) is 15.8 Å². The van der Waals surface area contributed by atoms with Crippen molar-refractivity contribution in [1.29, 1.82) is 0 Å². The number of benzene rings is 1. The van der Waals surface area contributed by atoms with Gasteiger partial charge in [0.15, 0.2) is 0 Å². The van der Waals surface area contributed by atoms with Gasteiger partial charge in [-0.05, 0) is 38.3 Å². The maximum atomic E-state index is 13.1. The van der Waals surface area contributed by atoms with Gasteiger partial charge in [-0.15, -0.1) is 0 Å². The van der Waals surface area contributed by atoms with E-state index in [1.807, 2.05) is 6.92 Å². The van der Waals surface area contributed by atoms with Crippen molar-refractivity contribution in [2.24, 2.45) is 0 Å². The second kappa shape index (κ2) is 6.70. The molecule has 0 aliphatic carbocycles. The largest absolute Gasteiger partial charge is 0.452 e. The van der Waals surface area contributed by atoms with Gasteiger partial charge in [0.05, 0.1) is 4.90 Å².